The molecule has 2 heterocycles. The number of hydrogen-bond acceptors (Lipinski definition) is 7. The molecule has 3 rings (SSSR count). The summed E-state index contributed by atoms with van der Waals surface area (Å²) in [5.41, 5.74) is 1.62. The van der Waals surface area contributed by atoms with Crippen LogP contribution in [0.15, 0.2) is 53.3 Å². The standard InChI is InChI=1S/C19H17FN4O4.CH2O2/c1-27-17-9-13(20)2-3-15(17)18(25)23-11-14-8-12(4-6-21-14)10-22-19(26)16-5-7-24-28-16;2-1-3/h2-9H,10-11H2,1H3,(H,22,26)(H,23,25);1H,(H,2,3). The van der Waals surface area contributed by atoms with Crippen LogP contribution in [0.25, 0.3) is 0 Å². The summed E-state index contributed by atoms with van der Waals surface area (Å²) in [5.74, 6) is -1.02. The molecular formula is C20H19FN4O6. The molecule has 0 aliphatic rings. The minimum Gasteiger partial charge on any atom is -0.496 e. The zero-order chi connectivity index (χ0) is 22.6. The molecule has 2 aromatic heterocycles. The fourth-order valence-corrected chi connectivity index (χ4v) is 2.46. The molecule has 0 bridgehead atoms. The van der Waals surface area contributed by atoms with Crippen LogP contribution in [-0.4, -0.2) is 40.6 Å². The number of pyridine rings is 1. The van der Waals surface area contributed by atoms with Crippen LogP contribution in [0.3, 0.4) is 0 Å². The molecule has 2 amide bonds. The highest BCUT2D eigenvalue weighted by Crippen LogP contribution is 2.19. The molecule has 0 aliphatic carbocycles. The Kier molecular flexibility index (Phi) is 8.65. The van der Waals surface area contributed by atoms with Gasteiger partial charge in [0.2, 0.25) is 5.76 Å². The molecule has 0 saturated heterocycles. The quantitative estimate of drug-likeness (QED) is 0.481. The molecule has 10 nitrogen and oxygen atoms in total. The summed E-state index contributed by atoms with van der Waals surface area (Å²) in [6.07, 6.45) is 2.97. The summed E-state index contributed by atoms with van der Waals surface area (Å²) >= 11 is 0. The van der Waals surface area contributed by atoms with Crippen molar-refractivity contribution in [2.24, 2.45) is 0 Å². The van der Waals surface area contributed by atoms with Gasteiger partial charge >= 0.3 is 0 Å². The first-order valence-electron chi connectivity index (χ1n) is 8.80. The Hall–Kier alpha value is -4.28. The van der Waals surface area contributed by atoms with E-state index in [-0.39, 0.29) is 42.5 Å². The Labute approximate surface area is 176 Å². The van der Waals surface area contributed by atoms with Crippen molar-refractivity contribution in [1.82, 2.24) is 20.8 Å². The van der Waals surface area contributed by atoms with Crippen LogP contribution in [0.1, 0.15) is 32.2 Å². The Morgan fingerprint density at radius 1 is 1.13 bits per heavy atom. The van der Waals surface area contributed by atoms with E-state index >= 15 is 0 Å². The largest absolute Gasteiger partial charge is 0.496 e. The lowest BCUT2D eigenvalue weighted by Gasteiger charge is -2.10. The molecule has 0 aliphatic heterocycles. The van der Waals surface area contributed by atoms with E-state index < -0.39 is 11.7 Å². The van der Waals surface area contributed by atoms with E-state index in [0.29, 0.717) is 5.69 Å². The minimum atomic E-state index is -0.491. The van der Waals surface area contributed by atoms with Gasteiger partial charge in [-0.25, -0.2) is 4.39 Å². The van der Waals surface area contributed by atoms with Gasteiger partial charge in [0, 0.05) is 24.9 Å². The number of aromatic nitrogens is 2. The topological polar surface area (TPSA) is 144 Å². The summed E-state index contributed by atoms with van der Waals surface area (Å²) in [6, 6.07) is 8.65. The van der Waals surface area contributed by atoms with Crippen LogP contribution in [0.2, 0.25) is 0 Å². The molecule has 0 radical (unpaired) electrons. The number of halogens is 1. The first-order valence-corrected chi connectivity index (χ1v) is 8.80. The first-order chi connectivity index (χ1) is 15.0. The van der Waals surface area contributed by atoms with Crippen LogP contribution in [0.5, 0.6) is 5.75 Å². The van der Waals surface area contributed by atoms with Gasteiger partial charge in [0.05, 0.1) is 31.1 Å². The van der Waals surface area contributed by atoms with Crippen molar-refractivity contribution in [2.75, 3.05) is 7.11 Å². The average molecular weight is 430 g/mol. The maximum atomic E-state index is 13.3. The van der Waals surface area contributed by atoms with Gasteiger partial charge in [0.1, 0.15) is 11.6 Å². The van der Waals surface area contributed by atoms with Crippen molar-refractivity contribution in [1.29, 1.82) is 0 Å². The summed E-state index contributed by atoms with van der Waals surface area (Å²) in [5, 5.41) is 15.8. The van der Waals surface area contributed by atoms with Gasteiger partial charge in [0.25, 0.3) is 18.3 Å². The molecule has 0 atom stereocenters. The number of nitrogens with one attached hydrogen (secondary N) is 2. The van der Waals surface area contributed by atoms with Crippen LogP contribution < -0.4 is 15.4 Å². The van der Waals surface area contributed by atoms with Crippen molar-refractivity contribution >= 4 is 18.3 Å². The van der Waals surface area contributed by atoms with E-state index in [0.717, 1.165) is 11.6 Å². The van der Waals surface area contributed by atoms with E-state index in [4.69, 9.17) is 19.2 Å². The summed E-state index contributed by atoms with van der Waals surface area (Å²) in [4.78, 5) is 36.7. The number of hydrogen-bond donors (Lipinski definition) is 3. The van der Waals surface area contributed by atoms with Crippen molar-refractivity contribution in [3.05, 3.63) is 77.2 Å². The second kappa shape index (κ2) is 11.7. The Bertz CT molecular complexity index is 1030. The SMILES string of the molecule is COc1cc(F)ccc1C(=O)NCc1cc(CNC(=O)c2ccno2)ccn1.O=CO. The van der Waals surface area contributed by atoms with Gasteiger partial charge in [-0.05, 0) is 29.8 Å². The smallest absolute Gasteiger partial charge is 0.290 e. The van der Waals surface area contributed by atoms with Crippen molar-refractivity contribution in [3.63, 3.8) is 0 Å². The highest BCUT2D eigenvalue weighted by molar-refractivity contribution is 5.96. The van der Waals surface area contributed by atoms with Crippen molar-refractivity contribution in [3.8, 4) is 5.75 Å². The third-order valence-electron chi connectivity index (χ3n) is 3.83. The molecule has 11 heteroatoms. The van der Waals surface area contributed by atoms with Gasteiger partial charge in [0.15, 0.2) is 0 Å². The molecule has 162 valence electrons. The monoisotopic (exact) mass is 430 g/mol. The Morgan fingerprint density at radius 3 is 2.55 bits per heavy atom. The van der Waals surface area contributed by atoms with Crippen LogP contribution >= 0.6 is 0 Å². The molecule has 0 fully saturated rings. The molecule has 0 unspecified atom stereocenters. The first kappa shape index (κ1) is 23.0. The van der Waals surface area contributed by atoms with Crippen LogP contribution in [0.4, 0.5) is 4.39 Å². The number of ether oxygens (including phenoxy) is 1. The molecule has 3 N–H and O–H groups in total. The van der Waals surface area contributed by atoms with E-state index in [1.165, 1.54) is 31.5 Å². The maximum absolute atomic E-state index is 13.3. The number of nitrogens with zero attached hydrogens (tertiary/aromatic N) is 2. The molecule has 31 heavy (non-hydrogen) atoms. The van der Waals surface area contributed by atoms with E-state index in [1.807, 2.05) is 0 Å². The van der Waals surface area contributed by atoms with Gasteiger partial charge in [-0.1, -0.05) is 5.16 Å². The van der Waals surface area contributed by atoms with E-state index in [9.17, 15) is 14.0 Å². The number of benzene rings is 1. The summed E-state index contributed by atoms with van der Waals surface area (Å²) < 4.78 is 23.1. The van der Waals surface area contributed by atoms with E-state index in [1.54, 1.807) is 18.3 Å². The average Bonchev–Trinajstić information content (AvgIpc) is 3.31. The predicted octanol–water partition coefficient (Wildman–Crippen LogP) is 1.78. The normalized spacial score (nSPS) is 9.74. The fraction of sp³-hybridized carbons (Fsp3) is 0.150. The molecule has 1 aromatic carbocycles. The lowest BCUT2D eigenvalue weighted by Crippen LogP contribution is -2.24. The highest BCUT2D eigenvalue weighted by atomic mass is 19.1. The minimum absolute atomic E-state index is 0.120. The van der Waals surface area contributed by atoms with Crippen LogP contribution in [0, 0.1) is 5.82 Å². The number of methoxy groups -OCH3 is 1. The third kappa shape index (κ3) is 6.92. The molecule has 0 saturated carbocycles. The van der Waals surface area contributed by atoms with Gasteiger partial charge < -0.3 is 25.0 Å². The summed E-state index contributed by atoms with van der Waals surface area (Å²) in [7, 11) is 1.36. The van der Waals surface area contributed by atoms with Crippen LogP contribution in [-0.2, 0) is 17.9 Å². The van der Waals surface area contributed by atoms with E-state index in [2.05, 4.69) is 20.8 Å². The molecule has 3 aromatic rings. The second-order valence-electron chi connectivity index (χ2n) is 5.85. The highest BCUT2D eigenvalue weighted by Gasteiger charge is 2.13. The Balaban J connectivity index is 0.00000107. The van der Waals surface area contributed by atoms with Gasteiger partial charge in [-0.15, -0.1) is 0 Å². The number of amides is 2. The van der Waals surface area contributed by atoms with Gasteiger partial charge in [-0.2, -0.15) is 0 Å². The van der Waals surface area contributed by atoms with Gasteiger partial charge in [-0.3, -0.25) is 19.4 Å². The second-order valence-corrected chi connectivity index (χ2v) is 5.85. The third-order valence-corrected chi connectivity index (χ3v) is 3.83. The zero-order valence-corrected chi connectivity index (χ0v) is 16.4. The number of carbonyl (C=O) groups excluding carboxylic acids is 2. The maximum Gasteiger partial charge on any atom is 0.290 e. The molecular weight excluding hydrogens is 411 g/mol. The van der Waals surface area contributed by atoms with Crippen molar-refractivity contribution < 1.29 is 33.1 Å². The lowest BCUT2D eigenvalue weighted by molar-refractivity contribution is -0.122. The lowest BCUT2D eigenvalue weighted by atomic mass is 10.1. The Morgan fingerprint density at radius 2 is 1.87 bits per heavy atom. The zero-order valence-electron chi connectivity index (χ0n) is 16.4. The van der Waals surface area contributed by atoms with Crippen molar-refractivity contribution in [2.45, 2.75) is 13.1 Å². The summed E-state index contributed by atoms with van der Waals surface area (Å²) in [6.45, 7) is 0.165. The fourth-order valence-electron chi connectivity index (χ4n) is 2.46. The molecule has 0 spiro atoms. The number of carboxylic acid groups (broad SMARTS) is 1. The predicted molar refractivity (Wildman–Crippen MR) is 105 cm³/mol. The number of carbonyl (C=O) groups is 3. The number of rotatable bonds is 7.